The van der Waals surface area contributed by atoms with Crippen molar-refractivity contribution >= 4 is 11.6 Å². The van der Waals surface area contributed by atoms with E-state index in [0.717, 1.165) is 25.3 Å². The number of hydrogen-bond acceptors (Lipinski definition) is 2. The summed E-state index contributed by atoms with van der Waals surface area (Å²) in [7, 11) is 2.06. The van der Waals surface area contributed by atoms with Crippen LogP contribution in [0.2, 0.25) is 0 Å². The highest BCUT2D eigenvalue weighted by Gasteiger charge is 2.22. The molecule has 0 bridgehead atoms. The van der Waals surface area contributed by atoms with Gasteiger partial charge in [-0.15, -0.1) is 11.6 Å². The predicted octanol–water partition coefficient (Wildman–Crippen LogP) is 2.34. The normalized spacial score (nSPS) is 14.8. The molecule has 0 rings (SSSR count). The lowest BCUT2D eigenvalue weighted by atomic mass is 10.0. The van der Waals surface area contributed by atoms with Crippen LogP contribution in [-0.4, -0.2) is 41.6 Å². The van der Waals surface area contributed by atoms with Crippen LogP contribution >= 0.6 is 11.6 Å². The van der Waals surface area contributed by atoms with Crippen molar-refractivity contribution in [2.24, 2.45) is 5.92 Å². The van der Waals surface area contributed by atoms with Gasteiger partial charge in [-0.25, -0.2) is 0 Å². The second-order valence-electron chi connectivity index (χ2n) is 4.76. The van der Waals surface area contributed by atoms with Crippen LogP contribution in [0, 0.1) is 5.92 Å². The molecule has 2 nitrogen and oxygen atoms in total. The maximum atomic E-state index is 9.17. The summed E-state index contributed by atoms with van der Waals surface area (Å²) in [6, 6.07) is 0. The minimum Gasteiger partial charge on any atom is -0.394 e. The van der Waals surface area contributed by atoms with Gasteiger partial charge in [-0.2, -0.15) is 0 Å². The summed E-state index contributed by atoms with van der Waals surface area (Å²) in [5.41, 5.74) is -0.110. The zero-order chi connectivity index (χ0) is 11.2. The summed E-state index contributed by atoms with van der Waals surface area (Å²) >= 11 is 5.68. The van der Waals surface area contributed by atoms with E-state index in [9.17, 15) is 5.11 Å². The van der Waals surface area contributed by atoms with Crippen LogP contribution in [0.5, 0.6) is 0 Å². The van der Waals surface area contributed by atoms with Gasteiger partial charge in [0.15, 0.2) is 0 Å². The van der Waals surface area contributed by atoms with Crippen molar-refractivity contribution in [3.05, 3.63) is 0 Å². The third-order valence-electron chi connectivity index (χ3n) is 2.98. The largest absolute Gasteiger partial charge is 0.394 e. The van der Waals surface area contributed by atoms with Crippen molar-refractivity contribution in [1.82, 2.24) is 4.90 Å². The van der Waals surface area contributed by atoms with E-state index in [1.165, 1.54) is 0 Å². The van der Waals surface area contributed by atoms with E-state index in [4.69, 9.17) is 11.6 Å². The summed E-state index contributed by atoms with van der Waals surface area (Å²) < 4.78 is 0. The van der Waals surface area contributed by atoms with Crippen molar-refractivity contribution in [2.45, 2.75) is 39.2 Å². The molecule has 0 radical (unpaired) electrons. The van der Waals surface area contributed by atoms with Crippen molar-refractivity contribution in [3.63, 3.8) is 0 Å². The Balaban J connectivity index is 3.78. The minimum atomic E-state index is -0.110. The molecule has 0 spiro atoms. The lowest BCUT2D eigenvalue weighted by Crippen LogP contribution is -2.44. The fourth-order valence-corrected chi connectivity index (χ4v) is 1.54. The Morgan fingerprint density at radius 3 is 2.36 bits per heavy atom. The first-order chi connectivity index (χ1) is 6.44. The van der Waals surface area contributed by atoms with E-state index < -0.39 is 0 Å². The molecule has 0 heterocycles. The van der Waals surface area contributed by atoms with Crippen LogP contribution in [0.25, 0.3) is 0 Å². The predicted molar refractivity (Wildman–Crippen MR) is 62.9 cm³/mol. The number of aliphatic hydroxyl groups excluding tert-OH is 1. The molecule has 1 unspecified atom stereocenters. The molecule has 0 aromatic heterocycles. The van der Waals surface area contributed by atoms with Gasteiger partial charge in [0.2, 0.25) is 0 Å². The number of nitrogens with zero attached hydrogens (tertiary/aromatic N) is 1. The molecule has 1 atom stereocenters. The van der Waals surface area contributed by atoms with Crippen molar-refractivity contribution in [1.29, 1.82) is 0 Å². The SMILES string of the molecule is CC(CCCl)CCN(C)C(C)(C)CO. The van der Waals surface area contributed by atoms with Gasteiger partial charge >= 0.3 is 0 Å². The zero-order valence-corrected chi connectivity index (χ0v) is 10.6. The first-order valence-corrected chi connectivity index (χ1v) is 5.85. The van der Waals surface area contributed by atoms with E-state index in [1.807, 2.05) is 0 Å². The molecule has 0 amide bonds. The monoisotopic (exact) mass is 221 g/mol. The Hall–Kier alpha value is 0.210. The lowest BCUT2D eigenvalue weighted by molar-refractivity contribution is 0.0749. The van der Waals surface area contributed by atoms with E-state index in [0.29, 0.717) is 5.92 Å². The highest BCUT2D eigenvalue weighted by molar-refractivity contribution is 6.17. The molecule has 0 aromatic rings. The smallest absolute Gasteiger partial charge is 0.0609 e. The second-order valence-corrected chi connectivity index (χ2v) is 5.14. The molecule has 0 saturated carbocycles. The van der Waals surface area contributed by atoms with Gasteiger partial charge in [-0.1, -0.05) is 6.92 Å². The van der Waals surface area contributed by atoms with Gasteiger partial charge in [0.05, 0.1) is 6.61 Å². The van der Waals surface area contributed by atoms with Crippen molar-refractivity contribution in [2.75, 3.05) is 26.1 Å². The summed E-state index contributed by atoms with van der Waals surface area (Å²) in [6.45, 7) is 7.56. The van der Waals surface area contributed by atoms with Crippen LogP contribution in [0.15, 0.2) is 0 Å². The first kappa shape index (κ1) is 14.2. The van der Waals surface area contributed by atoms with Gasteiger partial charge in [0, 0.05) is 11.4 Å². The lowest BCUT2D eigenvalue weighted by Gasteiger charge is -2.34. The molecule has 0 fully saturated rings. The van der Waals surface area contributed by atoms with Crippen LogP contribution in [-0.2, 0) is 0 Å². The van der Waals surface area contributed by atoms with Gasteiger partial charge in [0.25, 0.3) is 0 Å². The molecule has 0 aliphatic rings. The number of aliphatic hydroxyl groups is 1. The molecule has 0 aliphatic carbocycles. The van der Waals surface area contributed by atoms with Crippen LogP contribution in [0.1, 0.15) is 33.6 Å². The Morgan fingerprint density at radius 2 is 1.93 bits per heavy atom. The molecule has 86 valence electrons. The Bertz CT molecular complexity index is 150. The van der Waals surface area contributed by atoms with Crippen LogP contribution in [0.4, 0.5) is 0 Å². The summed E-state index contributed by atoms with van der Waals surface area (Å²) in [6.07, 6.45) is 2.22. The minimum absolute atomic E-state index is 0.110. The summed E-state index contributed by atoms with van der Waals surface area (Å²) in [5, 5.41) is 9.17. The summed E-state index contributed by atoms with van der Waals surface area (Å²) in [4.78, 5) is 2.21. The van der Waals surface area contributed by atoms with E-state index in [1.54, 1.807) is 0 Å². The van der Waals surface area contributed by atoms with Gasteiger partial charge in [0.1, 0.15) is 0 Å². The third-order valence-corrected chi connectivity index (χ3v) is 3.20. The standard InChI is InChI=1S/C11H24ClNO/c1-10(5-7-12)6-8-13(4)11(2,3)9-14/h10,14H,5-9H2,1-4H3. The number of alkyl halides is 1. The van der Waals surface area contributed by atoms with E-state index in [-0.39, 0.29) is 12.1 Å². The molecular weight excluding hydrogens is 198 g/mol. The highest BCUT2D eigenvalue weighted by atomic mass is 35.5. The number of rotatable bonds is 7. The van der Waals surface area contributed by atoms with Crippen molar-refractivity contribution in [3.8, 4) is 0 Å². The van der Waals surface area contributed by atoms with Gasteiger partial charge < -0.3 is 5.11 Å². The zero-order valence-electron chi connectivity index (χ0n) is 9.89. The van der Waals surface area contributed by atoms with Gasteiger partial charge in [-0.3, -0.25) is 4.90 Å². The second kappa shape index (κ2) is 6.65. The van der Waals surface area contributed by atoms with E-state index >= 15 is 0 Å². The molecule has 0 saturated heterocycles. The molecule has 3 heteroatoms. The Kier molecular flexibility index (Phi) is 6.75. The maximum Gasteiger partial charge on any atom is 0.0609 e. The quantitative estimate of drug-likeness (QED) is 0.668. The number of likely N-dealkylation sites (N-methyl/N-ethyl adjacent to an activating group) is 1. The highest BCUT2D eigenvalue weighted by Crippen LogP contribution is 2.15. The number of halogens is 1. The maximum absolute atomic E-state index is 9.17. The van der Waals surface area contributed by atoms with Crippen LogP contribution in [0.3, 0.4) is 0 Å². The number of hydrogen-bond donors (Lipinski definition) is 1. The topological polar surface area (TPSA) is 23.5 Å². The molecule has 0 aliphatic heterocycles. The molecular formula is C11H24ClNO. The third kappa shape index (κ3) is 5.18. The van der Waals surface area contributed by atoms with Crippen molar-refractivity contribution < 1.29 is 5.11 Å². The molecule has 14 heavy (non-hydrogen) atoms. The summed E-state index contributed by atoms with van der Waals surface area (Å²) in [5.74, 6) is 1.42. The Labute approximate surface area is 93.2 Å². The molecule has 0 aromatic carbocycles. The van der Waals surface area contributed by atoms with E-state index in [2.05, 4.69) is 32.7 Å². The average Bonchev–Trinajstić information content (AvgIpc) is 2.14. The first-order valence-electron chi connectivity index (χ1n) is 5.32. The van der Waals surface area contributed by atoms with Crippen LogP contribution < -0.4 is 0 Å². The average molecular weight is 222 g/mol. The van der Waals surface area contributed by atoms with Gasteiger partial charge in [-0.05, 0) is 46.2 Å². The fraction of sp³-hybridized carbons (Fsp3) is 1.00. The fourth-order valence-electron chi connectivity index (χ4n) is 1.17. The Morgan fingerprint density at radius 1 is 1.36 bits per heavy atom. The molecule has 1 N–H and O–H groups in total.